The molecule has 1 unspecified atom stereocenters. The largest absolute Gasteiger partial charge is 0.378 e. The van der Waals surface area contributed by atoms with Gasteiger partial charge in [0.15, 0.2) is 0 Å². The summed E-state index contributed by atoms with van der Waals surface area (Å²) in [7, 11) is -1.90. The molecule has 0 aromatic heterocycles. The van der Waals surface area contributed by atoms with Crippen LogP contribution in [0.1, 0.15) is 37.3 Å². The van der Waals surface area contributed by atoms with Crippen LogP contribution in [0.3, 0.4) is 0 Å². The highest BCUT2D eigenvalue weighted by atomic mass is 32.2. The Morgan fingerprint density at radius 1 is 1.07 bits per heavy atom. The number of benzene rings is 2. The number of ether oxygens (including phenoxy) is 1. The van der Waals surface area contributed by atoms with Crippen molar-refractivity contribution in [1.82, 2.24) is 4.31 Å². The third-order valence-electron chi connectivity index (χ3n) is 5.51. The second kappa shape index (κ2) is 9.07. The topological polar surface area (TPSA) is 49.9 Å². The fraction of sp³-hybridized carbons (Fsp3) is 0.455. The lowest BCUT2D eigenvalue weighted by Gasteiger charge is -2.31. The van der Waals surface area contributed by atoms with Gasteiger partial charge in [0.1, 0.15) is 0 Å². The number of hydrogen-bond acceptors (Lipinski definition) is 4. The van der Waals surface area contributed by atoms with E-state index in [1.165, 1.54) is 9.87 Å². The highest BCUT2D eigenvalue weighted by Crippen LogP contribution is 2.26. The van der Waals surface area contributed by atoms with E-state index in [9.17, 15) is 8.42 Å². The second-order valence-electron chi connectivity index (χ2n) is 7.37. The van der Waals surface area contributed by atoms with Crippen LogP contribution in [0.2, 0.25) is 0 Å². The molecule has 6 heteroatoms. The molecule has 0 bridgehead atoms. The van der Waals surface area contributed by atoms with Crippen LogP contribution >= 0.6 is 0 Å². The van der Waals surface area contributed by atoms with Crippen molar-refractivity contribution in [2.75, 3.05) is 38.3 Å². The van der Waals surface area contributed by atoms with Crippen LogP contribution in [-0.4, -0.2) is 46.1 Å². The quantitative estimate of drug-likeness (QED) is 0.706. The number of hydrogen-bond donors (Lipinski definition) is 0. The molecule has 2 aromatic carbocycles. The minimum Gasteiger partial charge on any atom is -0.378 e. The lowest BCUT2D eigenvalue weighted by atomic mass is 9.99. The van der Waals surface area contributed by atoms with Crippen LogP contribution < -0.4 is 4.90 Å². The third-order valence-corrected chi connectivity index (χ3v) is 7.32. The van der Waals surface area contributed by atoms with Gasteiger partial charge in [-0.3, -0.25) is 0 Å². The Hall–Kier alpha value is -1.89. The van der Waals surface area contributed by atoms with Gasteiger partial charge in [0.2, 0.25) is 10.0 Å². The number of nitrogens with zero attached hydrogens (tertiary/aromatic N) is 2. The Balaban J connectivity index is 1.79. The van der Waals surface area contributed by atoms with E-state index in [0.717, 1.165) is 30.8 Å². The molecule has 2 aromatic rings. The van der Waals surface area contributed by atoms with Crippen molar-refractivity contribution in [1.29, 1.82) is 0 Å². The van der Waals surface area contributed by atoms with Gasteiger partial charge in [-0.15, -0.1) is 0 Å². The molecule has 0 N–H and O–H groups in total. The van der Waals surface area contributed by atoms with Crippen molar-refractivity contribution in [3.63, 3.8) is 0 Å². The molecule has 152 valence electrons. The van der Waals surface area contributed by atoms with Crippen molar-refractivity contribution in [3.8, 4) is 0 Å². The molecule has 28 heavy (non-hydrogen) atoms. The number of rotatable bonds is 7. The summed E-state index contributed by atoms with van der Waals surface area (Å²) in [5, 5.41) is 0. The average Bonchev–Trinajstić information content (AvgIpc) is 2.74. The second-order valence-corrected chi connectivity index (χ2v) is 9.41. The summed E-state index contributed by atoms with van der Waals surface area (Å²) in [5.74, 6) is 0.426. The summed E-state index contributed by atoms with van der Waals surface area (Å²) in [5.41, 5.74) is 3.26. The fourth-order valence-corrected chi connectivity index (χ4v) is 4.62. The Kier molecular flexibility index (Phi) is 6.75. The average molecular weight is 403 g/mol. The van der Waals surface area contributed by atoms with Crippen LogP contribution in [0.25, 0.3) is 0 Å². The minimum absolute atomic E-state index is 0.336. The molecule has 1 aliphatic heterocycles. The van der Waals surface area contributed by atoms with Crippen LogP contribution in [0.15, 0.2) is 53.4 Å². The Labute approximate surface area is 169 Å². The molecule has 1 aliphatic rings. The maximum Gasteiger partial charge on any atom is 0.243 e. The van der Waals surface area contributed by atoms with Crippen LogP contribution in [0.5, 0.6) is 0 Å². The molecule has 3 rings (SSSR count). The van der Waals surface area contributed by atoms with Crippen LogP contribution in [0, 0.1) is 0 Å². The van der Waals surface area contributed by atoms with Crippen LogP contribution in [-0.2, 0) is 21.3 Å². The molecule has 0 spiro atoms. The Morgan fingerprint density at radius 3 is 2.36 bits per heavy atom. The van der Waals surface area contributed by atoms with Gasteiger partial charge in [0.25, 0.3) is 0 Å². The summed E-state index contributed by atoms with van der Waals surface area (Å²) in [6.07, 6.45) is 1.03. The van der Waals surface area contributed by atoms with E-state index in [4.69, 9.17) is 4.74 Å². The molecule has 5 nitrogen and oxygen atoms in total. The van der Waals surface area contributed by atoms with Crippen molar-refractivity contribution < 1.29 is 13.2 Å². The molecule has 1 fully saturated rings. The van der Waals surface area contributed by atoms with Gasteiger partial charge in [-0.05, 0) is 41.7 Å². The van der Waals surface area contributed by atoms with Gasteiger partial charge >= 0.3 is 0 Å². The van der Waals surface area contributed by atoms with E-state index < -0.39 is 10.0 Å². The lowest BCUT2D eigenvalue weighted by molar-refractivity contribution is 0.122. The Morgan fingerprint density at radius 2 is 1.71 bits per heavy atom. The van der Waals surface area contributed by atoms with Gasteiger partial charge in [-0.1, -0.05) is 44.2 Å². The first-order valence-corrected chi connectivity index (χ1v) is 11.3. The molecule has 0 radical (unpaired) electrons. The zero-order valence-electron chi connectivity index (χ0n) is 17.0. The van der Waals surface area contributed by atoms with Crippen molar-refractivity contribution >= 4 is 15.7 Å². The van der Waals surface area contributed by atoms with E-state index >= 15 is 0 Å². The van der Waals surface area contributed by atoms with Gasteiger partial charge in [0.05, 0.1) is 18.1 Å². The van der Waals surface area contributed by atoms with E-state index in [2.05, 4.69) is 24.8 Å². The summed E-state index contributed by atoms with van der Waals surface area (Å²) < 4.78 is 33.0. The molecular weight excluding hydrogens is 372 g/mol. The summed E-state index contributed by atoms with van der Waals surface area (Å²) in [6.45, 7) is 7.67. The first-order valence-electron chi connectivity index (χ1n) is 9.90. The van der Waals surface area contributed by atoms with E-state index in [1.807, 2.05) is 30.3 Å². The smallest absolute Gasteiger partial charge is 0.243 e. The molecule has 1 atom stereocenters. The first-order chi connectivity index (χ1) is 13.4. The predicted molar refractivity (Wildman–Crippen MR) is 113 cm³/mol. The SMILES string of the molecule is CCC(C)c1ccc(S(=O)(=O)N(C)Cc2ccccc2N2CCOCC2)cc1. The highest BCUT2D eigenvalue weighted by Gasteiger charge is 2.23. The maximum atomic E-state index is 13.1. The maximum absolute atomic E-state index is 13.1. The number of para-hydroxylation sites is 1. The summed E-state index contributed by atoms with van der Waals surface area (Å²) >= 11 is 0. The predicted octanol–water partition coefficient (Wildman–Crippen LogP) is 3.86. The van der Waals surface area contributed by atoms with Gasteiger partial charge in [-0.25, -0.2) is 8.42 Å². The minimum atomic E-state index is -3.54. The number of anilines is 1. The third kappa shape index (κ3) is 4.57. The van der Waals surface area contributed by atoms with Gasteiger partial charge in [-0.2, -0.15) is 4.31 Å². The van der Waals surface area contributed by atoms with Crippen molar-refractivity contribution in [2.24, 2.45) is 0 Å². The normalized spacial score (nSPS) is 16.4. The number of sulfonamides is 1. The van der Waals surface area contributed by atoms with E-state index in [1.54, 1.807) is 19.2 Å². The number of morpholine rings is 1. The zero-order valence-corrected chi connectivity index (χ0v) is 17.8. The van der Waals surface area contributed by atoms with Crippen molar-refractivity contribution in [3.05, 3.63) is 59.7 Å². The fourth-order valence-electron chi connectivity index (χ4n) is 3.47. The lowest BCUT2D eigenvalue weighted by Crippen LogP contribution is -2.37. The van der Waals surface area contributed by atoms with Crippen LogP contribution in [0.4, 0.5) is 5.69 Å². The van der Waals surface area contributed by atoms with E-state index in [0.29, 0.717) is 30.6 Å². The van der Waals surface area contributed by atoms with E-state index in [-0.39, 0.29) is 0 Å². The first kappa shape index (κ1) is 20.8. The molecule has 1 heterocycles. The molecule has 0 aliphatic carbocycles. The van der Waals surface area contributed by atoms with Gasteiger partial charge in [0, 0.05) is 32.4 Å². The highest BCUT2D eigenvalue weighted by molar-refractivity contribution is 7.89. The molecular formula is C22H30N2O3S. The zero-order chi connectivity index (χ0) is 20.1. The monoisotopic (exact) mass is 402 g/mol. The molecule has 1 saturated heterocycles. The molecule has 0 saturated carbocycles. The summed E-state index contributed by atoms with van der Waals surface area (Å²) in [4.78, 5) is 2.60. The Bertz CT molecular complexity index is 875. The van der Waals surface area contributed by atoms with Gasteiger partial charge < -0.3 is 9.64 Å². The summed E-state index contributed by atoms with van der Waals surface area (Å²) in [6, 6.07) is 15.3. The van der Waals surface area contributed by atoms with Crippen molar-refractivity contribution in [2.45, 2.75) is 37.6 Å². The standard InChI is InChI=1S/C22H30N2O3S/c1-4-18(2)19-9-11-21(12-10-19)28(25,26)23(3)17-20-7-5-6-8-22(20)24-13-15-27-16-14-24/h5-12,18H,4,13-17H2,1-3H3. The molecule has 0 amide bonds.